The Labute approximate surface area is 159 Å². The monoisotopic (exact) mass is 364 g/mol. The number of aromatic nitrogens is 1. The van der Waals surface area contributed by atoms with Gasteiger partial charge in [0.15, 0.2) is 5.89 Å². The Morgan fingerprint density at radius 2 is 1.70 bits per heavy atom. The van der Waals surface area contributed by atoms with Crippen molar-refractivity contribution in [1.82, 2.24) is 9.88 Å². The number of hydrogen-bond acceptors (Lipinski definition) is 3. The summed E-state index contributed by atoms with van der Waals surface area (Å²) in [6.45, 7) is 6.16. The van der Waals surface area contributed by atoms with E-state index in [0.29, 0.717) is 5.92 Å². The third-order valence-corrected chi connectivity index (χ3v) is 5.64. The maximum atomic E-state index is 13.2. The fourth-order valence-electron chi connectivity index (χ4n) is 3.94. The first kappa shape index (κ1) is 17.9. The number of nitrogens with zero attached hydrogens (tertiary/aromatic N) is 2. The standard InChI is InChI=1S/C23H25FN2O/c1-16(18-8-10-21(24)11-9-18)26-14-12-20(13-15-26)23-25-22(17(2)27-23)19-6-4-3-5-7-19/h3-11,16,20H,12-15H2,1-2H3/t16-/m0/s1. The van der Waals surface area contributed by atoms with Crippen LogP contribution in [0.1, 0.15) is 48.9 Å². The Balaban J connectivity index is 1.43. The van der Waals surface area contributed by atoms with E-state index in [-0.39, 0.29) is 11.9 Å². The lowest BCUT2D eigenvalue weighted by Gasteiger charge is -2.35. The highest BCUT2D eigenvalue weighted by molar-refractivity contribution is 5.60. The summed E-state index contributed by atoms with van der Waals surface area (Å²) >= 11 is 0. The Hall–Kier alpha value is -2.46. The van der Waals surface area contributed by atoms with Gasteiger partial charge in [0.2, 0.25) is 0 Å². The number of aryl methyl sites for hydroxylation is 1. The van der Waals surface area contributed by atoms with Gasteiger partial charge in [-0.15, -0.1) is 0 Å². The number of likely N-dealkylation sites (tertiary alicyclic amines) is 1. The van der Waals surface area contributed by atoms with E-state index in [1.54, 1.807) is 12.1 Å². The maximum Gasteiger partial charge on any atom is 0.198 e. The summed E-state index contributed by atoms with van der Waals surface area (Å²) in [6, 6.07) is 17.3. The predicted molar refractivity (Wildman–Crippen MR) is 105 cm³/mol. The van der Waals surface area contributed by atoms with Gasteiger partial charge in [0, 0.05) is 17.5 Å². The fraction of sp³-hybridized carbons (Fsp3) is 0.348. The molecule has 2 heterocycles. The van der Waals surface area contributed by atoms with Crippen LogP contribution < -0.4 is 0 Å². The highest BCUT2D eigenvalue weighted by atomic mass is 19.1. The average molecular weight is 364 g/mol. The van der Waals surface area contributed by atoms with Crippen molar-refractivity contribution in [1.29, 1.82) is 0 Å². The van der Waals surface area contributed by atoms with Crippen molar-refractivity contribution in [3.8, 4) is 11.3 Å². The van der Waals surface area contributed by atoms with Crippen molar-refractivity contribution in [3.05, 3.63) is 77.6 Å². The van der Waals surface area contributed by atoms with Crippen LogP contribution in [0.2, 0.25) is 0 Å². The second kappa shape index (κ2) is 7.65. The highest BCUT2D eigenvalue weighted by Gasteiger charge is 2.28. The van der Waals surface area contributed by atoms with Crippen LogP contribution in [0.15, 0.2) is 59.0 Å². The Bertz CT molecular complexity index is 881. The molecule has 0 amide bonds. The van der Waals surface area contributed by atoms with Crippen molar-refractivity contribution in [2.45, 2.75) is 38.6 Å². The lowest BCUT2D eigenvalue weighted by molar-refractivity contribution is 0.154. The molecule has 1 aromatic heterocycles. The summed E-state index contributed by atoms with van der Waals surface area (Å²) in [7, 11) is 0. The molecular weight excluding hydrogens is 339 g/mol. The van der Waals surface area contributed by atoms with Crippen molar-refractivity contribution in [3.63, 3.8) is 0 Å². The molecule has 1 aliphatic rings. The topological polar surface area (TPSA) is 29.3 Å². The lowest BCUT2D eigenvalue weighted by atomic mass is 9.94. The number of hydrogen-bond donors (Lipinski definition) is 0. The van der Waals surface area contributed by atoms with E-state index >= 15 is 0 Å². The summed E-state index contributed by atoms with van der Waals surface area (Å²) < 4.78 is 19.2. The van der Waals surface area contributed by atoms with Gasteiger partial charge in [-0.25, -0.2) is 9.37 Å². The van der Waals surface area contributed by atoms with Gasteiger partial charge in [0.1, 0.15) is 17.3 Å². The van der Waals surface area contributed by atoms with E-state index in [1.165, 1.54) is 0 Å². The molecule has 0 aliphatic carbocycles. The van der Waals surface area contributed by atoms with Gasteiger partial charge in [-0.3, -0.25) is 4.90 Å². The molecule has 3 nitrogen and oxygen atoms in total. The van der Waals surface area contributed by atoms with Gasteiger partial charge in [0.25, 0.3) is 0 Å². The molecule has 0 radical (unpaired) electrons. The molecule has 0 N–H and O–H groups in total. The molecule has 1 aliphatic heterocycles. The normalized spacial score (nSPS) is 17.1. The van der Waals surface area contributed by atoms with Crippen LogP contribution in [-0.2, 0) is 0 Å². The molecule has 0 bridgehead atoms. The van der Waals surface area contributed by atoms with Gasteiger partial charge >= 0.3 is 0 Å². The first-order valence-corrected chi connectivity index (χ1v) is 9.64. The minimum Gasteiger partial charge on any atom is -0.445 e. The highest BCUT2D eigenvalue weighted by Crippen LogP contribution is 2.34. The number of halogens is 1. The van der Waals surface area contributed by atoms with Crippen molar-refractivity contribution >= 4 is 0 Å². The predicted octanol–water partition coefficient (Wildman–Crippen LogP) is 5.73. The Kier molecular flexibility index (Phi) is 5.08. The first-order valence-electron chi connectivity index (χ1n) is 9.64. The zero-order valence-electron chi connectivity index (χ0n) is 15.9. The summed E-state index contributed by atoms with van der Waals surface area (Å²) in [6.07, 6.45) is 2.05. The van der Waals surface area contributed by atoms with Gasteiger partial charge in [-0.2, -0.15) is 0 Å². The maximum absolute atomic E-state index is 13.2. The molecule has 1 saturated heterocycles. The second-order valence-corrected chi connectivity index (χ2v) is 7.36. The number of rotatable bonds is 4. The van der Waals surface area contributed by atoms with Crippen LogP contribution in [0.3, 0.4) is 0 Å². The molecule has 4 rings (SSSR count). The number of oxazole rings is 1. The van der Waals surface area contributed by atoms with Crippen LogP contribution in [0.25, 0.3) is 11.3 Å². The fourth-order valence-corrected chi connectivity index (χ4v) is 3.94. The van der Waals surface area contributed by atoms with E-state index in [0.717, 1.165) is 54.4 Å². The third kappa shape index (κ3) is 3.81. The molecule has 0 spiro atoms. The first-order chi connectivity index (χ1) is 13.1. The van der Waals surface area contributed by atoms with E-state index in [9.17, 15) is 4.39 Å². The quantitative estimate of drug-likeness (QED) is 0.592. The van der Waals surface area contributed by atoms with Crippen LogP contribution in [-0.4, -0.2) is 23.0 Å². The van der Waals surface area contributed by atoms with Crippen molar-refractivity contribution < 1.29 is 8.81 Å². The molecule has 140 valence electrons. The van der Waals surface area contributed by atoms with Crippen LogP contribution in [0.4, 0.5) is 4.39 Å². The number of benzene rings is 2. The SMILES string of the molecule is Cc1oc(C2CCN([C@@H](C)c3ccc(F)cc3)CC2)nc1-c1ccccc1. The molecule has 3 aromatic rings. The molecule has 0 saturated carbocycles. The zero-order chi connectivity index (χ0) is 18.8. The molecule has 0 unspecified atom stereocenters. The smallest absolute Gasteiger partial charge is 0.198 e. The van der Waals surface area contributed by atoms with Crippen LogP contribution >= 0.6 is 0 Å². The van der Waals surface area contributed by atoms with Crippen LogP contribution in [0.5, 0.6) is 0 Å². The second-order valence-electron chi connectivity index (χ2n) is 7.36. The molecular formula is C23H25FN2O. The summed E-state index contributed by atoms with van der Waals surface area (Å²) in [5.74, 6) is 1.93. The van der Waals surface area contributed by atoms with Gasteiger partial charge in [-0.05, 0) is 57.5 Å². The van der Waals surface area contributed by atoms with Gasteiger partial charge in [-0.1, -0.05) is 42.5 Å². The molecule has 4 heteroatoms. The number of piperidine rings is 1. The summed E-state index contributed by atoms with van der Waals surface area (Å²) in [5, 5.41) is 0. The molecule has 27 heavy (non-hydrogen) atoms. The van der Waals surface area contributed by atoms with E-state index in [1.807, 2.05) is 37.3 Å². The minimum atomic E-state index is -0.182. The molecule has 1 atom stereocenters. The van der Waals surface area contributed by atoms with Crippen LogP contribution in [0, 0.1) is 12.7 Å². The van der Waals surface area contributed by atoms with E-state index < -0.39 is 0 Å². The average Bonchev–Trinajstić information content (AvgIpc) is 3.10. The molecule has 1 fully saturated rings. The Morgan fingerprint density at radius 3 is 2.37 bits per heavy atom. The third-order valence-electron chi connectivity index (χ3n) is 5.64. The lowest BCUT2D eigenvalue weighted by Crippen LogP contribution is -2.35. The largest absolute Gasteiger partial charge is 0.445 e. The van der Waals surface area contributed by atoms with Gasteiger partial charge < -0.3 is 4.42 Å². The van der Waals surface area contributed by atoms with Crippen molar-refractivity contribution in [2.75, 3.05) is 13.1 Å². The minimum absolute atomic E-state index is 0.182. The molecule has 2 aromatic carbocycles. The van der Waals surface area contributed by atoms with Gasteiger partial charge in [0.05, 0.1) is 0 Å². The zero-order valence-corrected chi connectivity index (χ0v) is 15.9. The summed E-state index contributed by atoms with van der Waals surface area (Å²) in [4.78, 5) is 7.27. The Morgan fingerprint density at radius 1 is 1.04 bits per heavy atom. The van der Waals surface area contributed by atoms with E-state index in [4.69, 9.17) is 9.40 Å². The van der Waals surface area contributed by atoms with Crippen molar-refractivity contribution in [2.24, 2.45) is 0 Å². The summed E-state index contributed by atoms with van der Waals surface area (Å²) in [5.41, 5.74) is 3.22. The van der Waals surface area contributed by atoms with E-state index in [2.05, 4.69) is 24.0 Å².